The average Bonchev–Trinajstić information content (AvgIpc) is 3.10. The summed E-state index contributed by atoms with van der Waals surface area (Å²) in [4.78, 5) is 12.2. The third kappa shape index (κ3) is 4.33. The molecule has 2 N–H and O–H groups in total. The molecule has 25 heavy (non-hydrogen) atoms. The van der Waals surface area contributed by atoms with Crippen LogP contribution >= 0.6 is 0 Å². The maximum Gasteiger partial charge on any atom is 0.223 e. The Labute approximate surface area is 146 Å². The Morgan fingerprint density at radius 1 is 1.12 bits per heavy atom. The van der Waals surface area contributed by atoms with E-state index in [0.29, 0.717) is 17.0 Å². The molecule has 0 aliphatic heterocycles. The summed E-state index contributed by atoms with van der Waals surface area (Å²) in [6.45, 7) is 1.88. The largest absolute Gasteiger partial charge is 0.385 e. The second kappa shape index (κ2) is 7.32. The Hall–Kier alpha value is -2.92. The van der Waals surface area contributed by atoms with E-state index >= 15 is 0 Å². The van der Waals surface area contributed by atoms with Crippen LogP contribution in [0.3, 0.4) is 0 Å². The molecule has 1 aromatic heterocycles. The molecule has 1 amide bonds. The summed E-state index contributed by atoms with van der Waals surface area (Å²) < 4.78 is 5.30. The van der Waals surface area contributed by atoms with E-state index in [1.54, 1.807) is 25.1 Å². The smallest absolute Gasteiger partial charge is 0.223 e. The van der Waals surface area contributed by atoms with Crippen molar-refractivity contribution in [3.8, 4) is 11.3 Å². The minimum Gasteiger partial charge on any atom is -0.385 e. The van der Waals surface area contributed by atoms with Crippen LogP contribution in [0.5, 0.6) is 0 Å². The van der Waals surface area contributed by atoms with Gasteiger partial charge in [-0.25, -0.2) is 0 Å². The van der Waals surface area contributed by atoms with Gasteiger partial charge in [0.05, 0.1) is 18.6 Å². The number of carbonyl (C=O) groups is 1. The maximum atomic E-state index is 12.2. The number of carbonyl (C=O) groups excluding carboxylic acids is 1. The van der Waals surface area contributed by atoms with Crippen LogP contribution in [0.2, 0.25) is 0 Å². The SMILES string of the molecule is CC(O)(CC(=O)NCc1cc(-c2ccccc2)on1)c1ccccc1. The van der Waals surface area contributed by atoms with E-state index in [1.807, 2.05) is 48.5 Å². The van der Waals surface area contributed by atoms with Crippen LogP contribution in [0.1, 0.15) is 24.6 Å². The number of nitrogens with zero attached hydrogens (tertiary/aromatic N) is 1. The summed E-state index contributed by atoms with van der Waals surface area (Å²) >= 11 is 0. The molecule has 1 unspecified atom stereocenters. The van der Waals surface area contributed by atoms with E-state index in [2.05, 4.69) is 10.5 Å². The van der Waals surface area contributed by atoms with Gasteiger partial charge in [-0.3, -0.25) is 4.79 Å². The predicted octanol–water partition coefficient (Wildman–Crippen LogP) is 3.26. The van der Waals surface area contributed by atoms with Gasteiger partial charge in [-0.1, -0.05) is 65.8 Å². The zero-order valence-electron chi connectivity index (χ0n) is 14.0. The zero-order valence-corrected chi connectivity index (χ0v) is 14.0. The lowest BCUT2D eigenvalue weighted by atomic mass is 9.92. The molecule has 0 bridgehead atoms. The molecule has 128 valence electrons. The van der Waals surface area contributed by atoms with Crippen LogP contribution in [-0.4, -0.2) is 16.2 Å². The number of rotatable bonds is 6. The number of nitrogens with one attached hydrogen (secondary N) is 1. The molecule has 3 rings (SSSR count). The fourth-order valence-corrected chi connectivity index (χ4v) is 2.60. The normalized spacial score (nSPS) is 13.2. The van der Waals surface area contributed by atoms with Crippen LogP contribution in [0.25, 0.3) is 11.3 Å². The second-order valence-electron chi connectivity index (χ2n) is 6.14. The molecule has 0 saturated heterocycles. The highest BCUT2D eigenvalue weighted by molar-refractivity contribution is 5.77. The Balaban J connectivity index is 1.57. The highest BCUT2D eigenvalue weighted by Crippen LogP contribution is 2.24. The van der Waals surface area contributed by atoms with Crippen molar-refractivity contribution in [3.63, 3.8) is 0 Å². The lowest BCUT2D eigenvalue weighted by Gasteiger charge is -2.23. The van der Waals surface area contributed by atoms with E-state index in [1.165, 1.54) is 0 Å². The van der Waals surface area contributed by atoms with Crippen molar-refractivity contribution >= 4 is 5.91 Å². The summed E-state index contributed by atoms with van der Waals surface area (Å²) in [5.41, 5.74) is 1.05. The van der Waals surface area contributed by atoms with Gasteiger partial charge in [0.25, 0.3) is 0 Å². The molecular weight excluding hydrogens is 316 g/mol. The van der Waals surface area contributed by atoms with E-state index in [4.69, 9.17) is 4.52 Å². The molecule has 1 heterocycles. The quantitative estimate of drug-likeness (QED) is 0.724. The summed E-state index contributed by atoms with van der Waals surface area (Å²) in [6, 6.07) is 20.6. The van der Waals surface area contributed by atoms with Crippen molar-refractivity contribution in [2.75, 3.05) is 0 Å². The van der Waals surface area contributed by atoms with E-state index in [-0.39, 0.29) is 18.9 Å². The molecule has 0 radical (unpaired) electrons. The molecular formula is C20H20N2O3. The lowest BCUT2D eigenvalue weighted by molar-refractivity contribution is -0.126. The summed E-state index contributed by atoms with van der Waals surface area (Å²) in [6.07, 6.45) is -0.0274. The predicted molar refractivity (Wildman–Crippen MR) is 94.4 cm³/mol. The molecule has 0 aliphatic rings. The molecule has 0 fully saturated rings. The first-order chi connectivity index (χ1) is 12.0. The average molecular weight is 336 g/mol. The Morgan fingerprint density at radius 3 is 2.44 bits per heavy atom. The summed E-state index contributed by atoms with van der Waals surface area (Å²) in [7, 11) is 0. The van der Waals surface area contributed by atoms with Crippen molar-refractivity contribution in [1.82, 2.24) is 10.5 Å². The minimum atomic E-state index is -1.22. The van der Waals surface area contributed by atoms with E-state index in [9.17, 15) is 9.90 Å². The van der Waals surface area contributed by atoms with Gasteiger partial charge in [0.2, 0.25) is 5.91 Å². The van der Waals surface area contributed by atoms with Crippen molar-refractivity contribution in [3.05, 3.63) is 78.0 Å². The monoisotopic (exact) mass is 336 g/mol. The van der Waals surface area contributed by atoms with Crippen molar-refractivity contribution in [2.45, 2.75) is 25.5 Å². The first-order valence-corrected chi connectivity index (χ1v) is 8.10. The Bertz CT molecular complexity index is 826. The first kappa shape index (κ1) is 16.9. The maximum absolute atomic E-state index is 12.2. The van der Waals surface area contributed by atoms with Crippen LogP contribution < -0.4 is 5.32 Å². The van der Waals surface area contributed by atoms with E-state index in [0.717, 1.165) is 5.56 Å². The van der Waals surface area contributed by atoms with Gasteiger partial charge in [0.15, 0.2) is 5.76 Å². The molecule has 5 nitrogen and oxygen atoms in total. The molecule has 0 spiro atoms. The fraction of sp³-hybridized carbons (Fsp3) is 0.200. The highest BCUT2D eigenvalue weighted by Gasteiger charge is 2.26. The topological polar surface area (TPSA) is 75.4 Å². The standard InChI is InChI=1S/C20H20N2O3/c1-20(24,16-10-6-3-7-11-16)13-19(23)21-14-17-12-18(25-22-17)15-8-4-2-5-9-15/h2-12,24H,13-14H2,1H3,(H,21,23). The van der Waals surface area contributed by atoms with Crippen molar-refractivity contribution in [1.29, 1.82) is 0 Å². The van der Waals surface area contributed by atoms with Crippen LogP contribution in [-0.2, 0) is 16.9 Å². The Kier molecular flexibility index (Phi) is 4.95. The second-order valence-corrected chi connectivity index (χ2v) is 6.14. The highest BCUT2D eigenvalue weighted by atomic mass is 16.5. The molecule has 0 saturated carbocycles. The van der Waals surface area contributed by atoms with Gasteiger partial charge >= 0.3 is 0 Å². The molecule has 1 atom stereocenters. The number of hydrogen-bond acceptors (Lipinski definition) is 4. The molecule has 0 aliphatic carbocycles. The summed E-state index contributed by atoms with van der Waals surface area (Å²) in [5, 5.41) is 17.2. The fourth-order valence-electron chi connectivity index (χ4n) is 2.60. The zero-order chi connectivity index (χ0) is 17.7. The minimum absolute atomic E-state index is 0.0274. The van der Waals surface area contributed by atoms with Crippen LogP contribution in [0.15, 0.2) is 71.3 Å². The Morgan fingerprint density at radius 2 is 1.76 bits per heavy atom. The van der Waals surface area contributed by atoms with Gasteiger partial charge in [-0.05, 0) is 12.5 Å². The van der Waals surface area contributed by atoms with Gasteiger partial charge in [-0.15, -0.1) is 0 Å². The van der Waals surface area contributed by atoms with Crippen molar-refractivity contribution < 1.29 is 14.4 Å². The van der Waals surface area contributed by atoms with Crippen LogP contribution in [0, 0.1) is 0 Å². The number of hydrogen-bond donors (Lipinski definition) is 2. The third-order valence-electron chi connectivity index (χ3n) is 3.98. The van der Waals surface area contributed by atoms with E-state index < -0.39 is 5.60 Å². The lowest BCUT2D eigenvalue weighted by Crippen LogP contribution is -2.32. The summed E-state index contributed by atoms with van der Waals surface area (Å²) in [5.74, 6) is 0.402. The molecule has 5 heteroatoms. The van der Waals surface area contributed by atoms with Gasteiger partial charge in [-0.2, -0.15) is 0 Å². The van der Waals surface area contributed by atoms with Crippen molar-refractivity contribution in [2.24, 2.45) is 0 Å². The number of aromatic nitrogens is 1. The molecule has 2 aromatic carbocycles. The van der Waals surface area contributed by atoms with Gasteiger partial charge in [0.1, 0.15) is 5.69 Å². The number of aliphatic hydroxyl groups is 1. The first-order valence-electron chi connectivity index (χ1n) is 8.10. The molecule has 3 aromatic rings. The van der Waals surface area contributed by atoms with Gasteiger partial charge < -0.3 is 14.9 Å². The van der Waals surface area contributed by atoms with Gasteiger partial charge in [0, 0.05) is 11.6 Å². The van der Waals surface area contributed by atoms with Crippen LogP contribution in [0.4, 0.5) is 0 Å². The third-order valence-corrected chi connectivity index (χ3v) is 3.98. The number of amides is 1. The number of benzene rings is 2.